The molecule has 212 valence electrons. The Morgan fingerprint density at radius 1 is 1.08 bits per heavy atom. The number of aromatic carboxylic acids is 1. The summed E-state index contributed by atoms with van der Waals surface area (Å²) in [6, 6.07) is 6.83. The molecule has 2 saturated heterocycles. The zero-order chi connectivity index (χ0) is 27.7. The normalized spacial score (nSPS) is 28.8. The van der Waals surface area contributed by atoms with Crippen molar-refractivity contribution in [3.05, 3.63) is 41.6 Å². The number of benzene rings is 1. The van der Waals surface area contributed by atoms with Gasteiger partial charge in [0, 0.05) is 43.9 Å². The van der Waals surface area contributed by atoms with Gasteiger partial charge in [-0.25, -0.2) is 17.5 Å². The molecule has 1 aromatic rings. The molecule has 0 unspecified atom stereocenters. The van der Waals surface area contributed by atoms with Gasteiger partial charge in [-0.1, -0.05) is 12.1 Å². The van der Waals surface area contributed by atoms with Gasteiger partial charge in [0.1, 0.15) is 0 Å². The first-order valence-corrected chi connectivity index (χ1v) is 16.0. The second-order valence-electron chi connectivity index (χ2n) is 11.8. The van der Waals surface area contributed by atoms with Crippen LogP contribution in [0.2, 0.25) is 0 Å². The molecule has 3 fully saturated rings. The van der Waals surface area contributed by atoms with Crippen LogP contribution in [0.25, 0.3) is 5.57 Å². The first-order chi connectivity index (χ1) is 18.6. The Labute approximate surface area is 231 Å². The third-order valence-electron chi connectivity index (χ3n) is 9.40. The lowest BCUT2D eigenvalue weighted by Crippen LogP contribution is -2.44. The molecule has 0 bridgehead atoms. The van der Waals surface area contributed by atoms with Crippen molar-refractivity contribution in [2.75, 3.05) is 32.4 Å². The van der Waals surface area contributed by atoms with Crippen molar-refractivity contribution in [2.45, 2.75) is 57.4 Å². The fourth-order valence-electron chi connectivity index (χ4n) is 7.01. The Hall–Kier alpha value is -2.56. The molecular formula is C29H40N4O5S. The molecule has 5 rings (SSSR count). The molecule has 0 radical (unpaired) electrons. The number of hydrogen-bond acceptors (Lipinski definition) is 6. The van der Waals surface area contributed by atoms with Crippen LogP contribution in [0, 0.1) is 23.7 Å². The number of aliphatic imine (C=N–C) groups is 1. The van der Waals surface area contributed by atoms with Crippen LogP contribution in [0.4, 0.5) is 0 Å². The largest absolute Gasteiger partial charge is 0.478 e. The summed E-state index contributed by atoms with van der Waals surface area (Å²) < 4.78 is 25.6. The number of nitrogens with two attached hydrogens (primary N) is 1. The maximum atomic E-state index is 13.9. The lowest BCUT2D eigenvalue weighted by Gasteiger charge is -2.34. The Morgan fingerprint density at radius 3 is 2.44 bits per heavy atom. The lowest BCUT2D eigenvalue weighted by atomic mass is 9.81. The van der Waals surface area contributed by atoms with Crippen LogP contribution >= 0.6 is 0 Å². The molecule has 3 aliphatic heterocycles. The number of piperidine rings is 1. The number of likely N-dealkylation sites (tertiary alicyclic amines) is 1. The van der Waals surface area contributed by atoms with Crippen molar-refractivity contribution in [1.82, 2.24) is 9.21 Å². The van der Waals surface area contributed by atoms with E-state index < -0.39 is 16.0 Å². The van der Waals surface area contributed by atoms with Gasteiger partial charge in [0.05, 0.1) is 17.9 Å². The molecule has 2 atom stereocenters. The standard InChI is InChI=1S/C29H40N4O5S/c1-39(37,38)32-11-9-20(10-12-32)25-15-27(33(18-25)28(34)21-7-5-19(16-30)6-8-21)26-14-24(17-31-26)22-3-2-4-23(13-22)29(35)36/h2-4,13,17,19-21,25,27H,5-12,14-16,18,30H2,1H3,(H,35,36)/t19?,21?,25-,27-/m0/s1. The number of carboxylic acid groups (broad SMARTS) is 1. The van der Waals surface area contributed by atoms with Crippen LogP contribution in [0.1, 0.15) is 67.3 Å². The fourth-order valence-corrected chi connectivity index (χ4v) is 7.88. The zero-order valence-corrected chi connectivity index (χ0v) is 23.5. The molecule has 0 aromatic heterocycles. The van der Waals surface area contributed by atoms with Crippen LogP contribution in [0.15, 0.2) is 35.5 Å². The van der Waals surface area contributed by atoms with Crippen molar-refractivity contribution in [3.8, 4) is 0 Å². The maximum absolute atomic E-state index is 13.9. The minimum absolute atomic E-state index is 0.0165. The summed E-state index contributed by atoms with van der Waals surface area (Å²) in [6.07, 6.45) is 9.88. The van der Waals surface area contributed by atoms with Gasteiger partial charge in [0.15, 0.2) is 0 Å². The highest BCUT2D eigenvalue weighted by Gasteiger charge is 2.44. The minimum Gasteiger partial charge on any atom is -0.478 e. The second-order valence-corrected chi connectivity index (χ2v) is 13.8. The van der Waals surface area contributed by atoms with Crippen LogP contribution in [-0.2, 0) is 14.8 Å². The molecule has 1 aliphatic carbocycles. The summed E-state index contributed by atoms with van der Waals surface area (Å²) >= 11 is 0. The van der Waals surface area contributed by atoms with Crippen LogP contribution in [0.3, 0.4) is 0 Å². The fraction of sp³-hybridized carbons (Fsp3) is 0.621. The molecule has 1 amide bonds. The van der Waals surface area contributed by atoms with Crippen molar-refractivity contribution in [1.29, 1.82) is 0 Å². The molecule has 3 heterocycles. The number of rotatable bonds is 7. The first kappa shape index (κ1) is 28.0. The number of carboxylic acids is 1. The van der Waals surface area contributed by atoms with Gasteiger partial charge < -0.3 is 15.7 Å². The quantitative estimate of drug-likeness (QED) is 0.530. The lowest BCUT2D eigenvalue weighted by molar-refractivity contribution is -0.136. The number of hydrogen-bond donors (Lipinski definition) is 2. The summed E-state index contributed by atoms with van der Waals surface area (Å²) in [5.41, 5.74) is 8.90. The molecule has 1 aromatic carbocycles. The number of carbonyl (C=O) groups excluding carboxylic acids is 1. The third-order valence-corrected chi connectivity index (χ3v) is 10.7. The van der Waals surface area contributed by atoms with E-state index in [1.54, 1.807) is 22.5 Å². The van der Waals surface area contributed by atoms with Gasteiger partial charge in [-0.2, -0.15) is 0 Å². The van der Waals surface area contributed by atoms with E-state index >= 15 is 0 Å². The van der Waals surface area contributed by atoms with E-state index in [9.17, 15) is 23.1 Å². The third kappa shape index (κ3) is 6.12. The van der Waals surface area contributed by atoms with Gasteiger partial charge >= 0.3 is 5.97 Å². The van der Waals surface area contributed by atoms with E-state index in [1.165, 1.54) is 6.26 Å². The number of sulfonamides is 1. The average Bonchev–Trinajstić information content (AvgIpc) is 3.60. The van der Waals surface area contributed by atoms with E-state index in [-0.39, 0.29) is 23.4 Å². The minimum atomic E-state index is -3.19. The summed E-state index contributed by atoms with van der Waals surface area (Å²) in [4.78, 5) is 32.3. The van der Waals surface area contributed by atoms with E-state index in [0.29, 0.717) is 50.4 Å². The van der Waals surface area contributed by atoms with Crippen LogP contribution in [0.5, 0.6) is 0 Å². The predicted octanol–water partition coefficient (Wildman–Crippen LogP) is 3.22. The second kappa shape index (κ2) is 11.5. The molecular weight excluding hydrogens is 516 g/mol. The number of amides is 1. The zero-order valence-electron chi connectivity index (χ0n) is 22.7. The van der Waals surface area contributed by atoms with Gasteiger partial charge in [0.2, 0.25) is 15.9 Å². The molecule has 9 nitrogen and oxygen atoms in total. The van der Waals surface area contributed by atoms with Gasteiger partial charge in [-0.05, 0) is 92.5 Å². The first-order valence-electron chi connectivity index (χ1n) is 14.2. The Kier molecular flexibility index (Phi) is 8.26. The van der Waals surface area contributed by atoms with Crippen molar-refractivity contribution in [2.24, 2.45) is 34.4 Å². The van der Waals surface area contributed by atoms with Gasteiger partial charge in [-0.3, -0.25) is 9.79 Å². The van der Waals surface area contributed by atoms with Crippen molar-refractivity contribution < 1.29 is 23.1 Å². The highest BCUT2D eigenvalue weighted by molar-refractivity contribution is 7.88. The summed E-state index contributed by atoms with van der Waals surface area (Å²) in [5.74, 6) is 0.460. The Bertz CT molecular complexity index is 1260. The molecule has 1 saturated carbocycles. The SMILES string of the molecule is CS(=O)(=O)N1CCC([C@H]2C[C@@H](C3=NC=C(c4cccc(C(=O)O)c4)C3)N(C(=O)C3CCC(CN)CC3)C2)CC1. The predicted molar refractivity (Wildman–Crippen MR) is 151 cm³/mol. The smallest absolute Gasteiger partial charge is 0.335 e. The molecule has 39 heavy (non-hydrogen) atoms. The highest BCUT2D eigenvalue weighted by atomic mass is 32.2. The Balaban J connectivity index is 1.31. The van der Waals surface area contributed by atoms with E-state index in [0.717, 1.165) is 61.8 Å². The maximum Gasteiger partial charge on any atom is 0.335 e. The Morgan fingerprint density at radius 2 is 1.79 bits per heavy atom. The van der Waals surface area contributed by atoms with Crippen LogP contribution < -0.4 is 5.73 Å². The van der Waals surface area contributed by atoms with E-state index in [2.05, 4.69) is 4.90 Å². The van der Waals surface area contributed by atoms with E-state index in [4.69, 9.17) is 10.7 Å². The summed E-state index contributed by atoms with van der Waals surface area (Å²) in [5, 5.41) is 9.41. The van der Waals surface area contributed by atoms with Gasteiger partial charge in [-0.15, -0.1) is 0 Å². The highest BCUT2D eigenvalue weighted by Crippen LogP contribution is 2.40. The number of nitrogens with zero attached hydrogens (tertiary/aromatic N) is 3. The van der Waals surface area contributed by atoms with Crippen LogP contribution in [-0.4, -0.2) is 78.8 Å². The van der Waals surface area contributed by atoms with Gasteiger partial charge in [0.25, 0.3) is 0 Å². The topological polar surface area (TPSA) is 133 Å². The van der Waals surface area contributed by atoms with Crippen molar-refractivity contribution >= 4 is 33.2 Å². The van der Waals surface area contributed by atoms with Crippen molar-refractivity contribution in [3.63, 3.8) is 0 Å². The monoisotopic (exact) mass is 556 g/mol. The summed E-state index contributed by atoms with van der Waals surface area (Å²) in [6.45, 7) is 2.44. The molecule has 0 spiro atoms. The molecule has 10 heteroatoms. The molecule has 3 N–H and O–H groups in total. The molecule has 4 aliphatic rings. The summed E-state index contributed by atoms with van der Waals surface area (Å²) in [7, 11) is -3.19. The number of allylic oxidation sites excluding steroid dienone is 1. The average molecular weight is 557 g/mol. The number of carbonyl (C=O) groups is 2. The van der Waals surface area contributed by atoms with E-state index in [1.807, 2.05) is 12.3 Å².